The third-order valence-corrected chi connectivity index (χ3v) is 4.05. The second kappa shape index (κ2) is 8.51. The van der Waals surface area contributed by atoms with Crippen LogP contribution in [0.4, 0.5) is 0 Å². The van der Waals surface area contributed by atoms with Crippen molar-refractivity contribution >= 4 is 5.91 Å². The topological polar surface area (TPSA) is 58.8 Å². The zero-order valence-electron chi connectivity index (χ0n) is 12.6. The van der Waals surface area contributed by atoms with Crippen LogP contribution in [0.1, 0.15) is 26.7 Å². The van der Waals surface area contributed by atoms with E-state index in [9.17, 15) is 4.79 Å². The fourth-order valence-corrected chi connectivity index (χ4v) is 2.34. The molecule has 1 saturated heterocycles. The van der Waals surface area contributed by atoms with Crippen molar-refractivity contribution < 1.29 is 9.53 Å². The molecule has 1 aliphatic rings. The number of ether oxygens (including phenoxy) is 1. The Bertz CT molecular complexity index is 273. The average Bonchev–Trinajstić information content (AvgIpc) is 2.68. The second-order valence-electron chi connectivity index (χ2n) is 5.42. The molecule has 0 radical (unpaired) electrons. The van der Waals surface area contributed by atoms with Crippen LogP contribution in [0.25, 0.3) is 0 Å². The van der Waals surface area contributed by atoms with Crippen LogP contribution in [-0.2, 0) is 9.53 Å². The first-order valence-electron chi connectivity index (χ1n) is 7.35. The van der Waals surface area contributed by atoms with E-state index in [0.717, 1.165) is 52.2 Å². The summed E-state index contributed by atoms with van der Waals surface area (Å²) in [7, 11) is 1.72. The highest BCUT2D eigenvalue weighted by Gasteiger charge is 2.26. The van der Waals surface area contributed by atoms with E-state index >= 15 is 0 Å². The molecule has 0 spiro atoms. The minimum atomic E-state index is -0.351. The Morgan fingerprint density at radius 3 is 2.68 bits per heavy atom. The van der Waals surface area contributed by atoms with Crippen LogP contribution < -0.4 is 5.73 Å². The van der Waals surface area contributed by atoms with Gasteiger partial charge < -0.3 is 15.4 Å². The number of carbonyl (C=O) groups excluding carboxylic acids is 1. The molecule has 1 heterocycles. The van der Waals surface area contributed by atoms with Gasteiger partial charge in [-0.25, -0.2) is 0 Å². The number of nitrogens with two attached hydrogens (primary N) is 1. The maximum absolute atomic E-state index is 12.3. The van der Waals surface area contributed by atoms with Crippen molar-refractivity contribution in [2.45, 2.75) is 32.7 Å². The zero-order valence-corrected chi connectivity index (χ0v) is 12.6. The molecule has 1 unspecified atom stereocenters. The molecule has 112 valence electrons. The quantitative estimate of drug-likeness (QED) is 0.766. The molecule has 0 aromatic carbocycles. The summed E-state index contributed by atoms with van der Waals surface area (Å²) in [5.41, 5.74) is 6.04. The predicted molar refractivity (Wildman–Crippen MR) is 76.9 cm³/mol. The van der Waals surface area contributed by atoms with Crippen molar-refractivity contribution in [2.24, 2.45) is 11.7 Å². The Hall–Kier alpha value is -0.650. The van der Waals surface area contributed by atoms with E-state index in [-0.39, 0.29) is 17.9 Å². The van der Waals surface area contributed by atoms with E-state index < -0.39 is 0 Å². The van der Waals surface area contributed by atoms with E-state index in [2.05, 4.69) is 11.8 Å². The number of hydrogen-bond donors (Lipinski definition) is 1. The third-order valence-electron chi connectivity index (χ3n) is 4.05. The standard InChI is InChI=1S/C14H29N3O2/c1-4-12(2)13(15)14(18)17-7-5-6-16(8-9-17)10-11-19-3/h12-13H,4-11,15H2,1-3H3/t12?,13-/m0/s1. The molecule has 5 nitrogen and oxygen atoms in total. The number of hydrogen-bond acceptors (Lipinski definition) is 4. The lowest BCUT2D eigenvalue weighted by Gasteiger charge is -2.27. The largest absolute Gasteiger partial charge is 0.383 e. The van der Waals surface area contributed by atoms with Crippen LogP contribution in [0.5, 0.6) is 0 Å². The lowest BCUT2D eigenvalue weighted by Crippen LogP contribution is -2.48. The molecule has 2 atom stereocenters. The van der Waals surface area contributed by atoms with Crippen molar-refractivity contribution in [1.29, 1.82) is 0 Å². The van der Waals surface area contributed by atoms with Gasteiger partial charge in [0.2, 0.25) is 5.91 Å². The fourth-order valence-electron chi connectivity index (χ4n) is 2.34. The molecule has 2 N–H and O–H groups in total. The van der Waals surface area contributed by atoms with Gasteiger partial charge >= 0.3 is 0 Å². The number of amides is 1. The molecule has 0 aromatic heterocycles. The molecule has 0 aromatic rings. The maximum Gasteiger partial charge on any atom is 0.239 e. The van der Waals surface area contributed by atoms with Gasteiger partial charge in [-0.05, 0) is 18.9 Å². The fraction of sp³-hybridized carbons (Fsp3) is 0.929. The van der Waals surface area contributed by atoms with E-state index in [1.165, 1.54) is 0 Å². The molecule has 0 saturated carbocycles. The molecule has 1 aliphatic heterocycles. The number of nitrogens with zero attached hydrogens (tertiary/aromatic N) is 2. The van der Waals surface area contributed by atoms with Gasteiger partial charge in [0, 0.05) is 33.3 Å². The highest BCUT2D eigenvalue weighted by atomic mass is 16.5. The van der Waals surface area contributed by atoms with Gasteiger partial charge in [0.05, 0.1) is 12.6 Å². The van der Waals surface area contributed by atoms with Crippen molar-refractivity contribution in [1.82, 2.24) is 9.80 Å². The van der Waals surface area contributed by atoms with Crippen molar-refractivity contribution in [3.8, 4) is 0 Å². The van der Waals surface area contributed by atoms with Crippen LogP contribution in [0.3, 0.4) is 0 Å². The Labute approximate surface area is 117 Å². The molecule has 1 fully saturated rings. The van der Waals surface area contributed by atoms with Gasteiger partial charge in [0.15, 0.2) is 0 Å². The molecule has 0 aliphatic carbocycles. The van der Waals surface area contributed by atoms with Crippen molar-refractivity contribution in [3.05, 3.63) is 0 Å². The highest BCUT2D eigenvalue weighted by molar-refractivity contribution is 5.82. The van der Waals surface area contributed by atoms with Crippen LogP contribution in [-0.4, -0.2) is 68.2 Å². The summed E-state index contributed by atoms with van der Waals surface area (Å²) >= 11 is 0. The van der Waals surface area contributed by atoms with Gasteiger partial charge in [0.25, 0.3) is 0 Å². The summed E-state index contributed by atoms with van der Waals surface area (Å²) in [5, 5.41) is 0. The monoisotopic (exact) mass is 271 g/mol. The SMILES string of the molecule is CCC(C)[C@H](N)C(=O)N1CCCN(CCOC)CC1. The molecule has 1 rings (SSSR count). The van der Waals surface area contributed by atoms with Gasteiger partial charge in [-0.1, -0.05) is 20.3 Å². The van der Waals surface area contributed by atoms with Gasteiger partial charge in [-0.3, -0.25) is 9.69 Å². The maximum atomic E-state index is 12.3. The zero-order chi connectivity index (χ0) is 14.3. The number of methoxy groups -OCH3 is 1. The second-order valence-corrected chi connectivity index (χ2v) is 5.42. The van der Waals surface area contributed by atoms with E-state index in [1.54, 1.807) is 7.11 Å². The van der Waals surface area contributed by atoms with Crippen LogP contribution >= 0.6 is 0 Å². The van der Waals surface area contributed by atoms with E-state index in [1.807, 2.05) is 11.8 Å². The highest BCUT2D eigenvalue weighted by Crippen LogP contribution is 2.11. The number of carbonyl (C=O) groups is 1. The Kier molecular flexibility index (Phi) is 7.34. The summed E-state index contributed by atoms with van der Waals surface area (Å²) in [6, 6.07) is -0.351. The molecule has 1 amide bonds. The van der Waals surface area contributed by atoms with Crippen LogP contribution in [0, 0.1) is 5.92 Å². The third kappa shape index (κ3) is 5.09. The van der Waals surface area contributed by atoms with Crippen molar-refractivity contribution in [3.63, 3.8) is 0 Å². The normalized spacial score (nSPS) is 20.9. The molecular formula is C14H29N3O2. The first-order chi connectivity index (χ1) is 9.10. The Morgan fingerprint density at radius 1 is 1.32 bits per heavy atom. The summed E-state index contributed by atoms with van der Waals surface area (Å²) in [4.78, 5) is 16.6. The Morgan fingerprint density at radius 2 is 2.05 bits per heavy atom. The van der Waals surface area contributed by atoms with E-state index in [0.29, 0.717) is 0 Å². The average molecular weight is 271 g/mol. The van der Waals surface area contributed by atoms with Gasteiger partial charge in [-0.2, -0.15) is 0 Å². The summed E-state index contributed by atoms with van der Waals surface area (Å²) in [6.07, 6.45) is 1.96. The molecule has 5 heteroatoms. The van der Waals surface area contributed by atoms with Gasteiger partial charge in [-0.15, -0.1) is 0 Å². The smallest absolute Gasteiger partial charge is 0.239 e. The first-order valence-corrected chi connectivity index (χ1v) is 7.35. The number of rotatable bonds is 6. The molecule has 19 heavy (non-hydrogen) atoms. The van der Waals surface area contributed by atoms with Gasteiger partial charge in [0.1, 0.15) is 0 Å². The minimum Gasteiger partial charge on any atom is -0.383 e. The Balaban J connectivity index is 2.45. The minimum absolute atomic E-state index is 0.114. The first kappa shape index (κ1) is 16.4. The lowest BCUT2D eigenvalue weighted by atomic mass is 9.99. The predicted octanol–water partition coefficient (Wildman–Crippen LogP) is 0.541. The molecular weight excluding hydrogens is 242 g/mol. The van der Waals surface area contributed by atoms with Crippen LogP contribution in [0.2, 0.25) is 0 Å². The van der Waals surface area contributed by atoms with Crippen LogP contribution in [0.15, 0.2) is 0 Å². The molecule has 0 bridgehead atoms. The van der Waals surface area contributed by atoms with Crippen molar-refractivity contribution in [2.75, 3.05) is 46.4 Å². The summed E-state index contributed by atoms with van der Waals surface area (Å²) in [5.74, 6) is 0.364. The summed E-state index contributed by atoms with van der Waals surface area (Å²) < 4.78 is 5.10. The summed E-state index contributed by atoms with van der Waals surface area (Å²) in [6.45, 7) is 9.38. The van der Waals surface area contributed by atoms with E-state index in [4.69, 9.17) is 10.5 Å². The lowest BCUT2D eigenvalue weighted by molar-refractivity contribution is -0.133.